The first-order chi connectivity index (χ1) is 12.7. The Kier molecular flexibility index (Phi) is 4.07. The van der Waals surface area contributed by atoms with Gasteiger partial charge in [-0.2, -0.15) is 0 Å². The number of para-hydroxylation sites is 1. The molecule has 0 radical (unpaired) electrons. The van der Waals surface area contributed by atoms with Crippen LogP contribution < -0.4 is 5.48 Å². The Hall–Kier alpha value is -3.31. The minimum Gasteiger partial charge on any atom is -0.288 e. The molecule has 1 amide bonds. The van der Waals surface area contributed by atoms with Gasteiger partial charge in [-0.3, -0.25) is 10.0 Å². The van der Waals surface area contributed by atoms with Crippen LogP contribution in [0.4, 0.5) is 10.1 Å². The largest absolute Gasteiger partial charge is 0.288 e. The van der Waals surface area contributed by atoms with Crippen molar-refractivity contribution in [2.45, 2.75) is 6.42 Å². The molecule has 0 unspecified atom stereocenters. The van der Waals surface area contributed by atoms with E-state index >= 15 is 0 Å². The first kappa shape index (κ1) is 16.2. The molecule has 0 saturated heterocycles. The number of hydrogen-bond acceptors (Lipinski definition) is 3. The zero-order chi connectivity index (χ0) is 18.1. The minimum atomic E-state index is -0.601. The zero-order valence-electron chi connectivity index (χ0n) is 13.7. The maximum Gasteiger partial charge on any atom is 0.274 e. The number of hydrogen-bond donors (Lipinski definition) is 2. The second kappa shape index (κ2) is 6.54. The van der Waals surface area contributed by atoms with Gasteiger partial charge in [-0.1, -0.05) is 42.5 Å². The first-order valence-corrected chi connectivity index (χ1v) is 8.16. The van der Waals surface area contributed by atoms with Crippen LogP contribution in [0, 0.1) is 5.82 Å². The van der Waals surface area contributed by atoms with E-state index in [2.05, 4.69) is 0 Å². The van der Waals surface area contributed by atoms with E-state index in [1.807, 2.05) is 30.3 Å². The van der Waals surface area contributed by atoms with E-state index in [-0.39, 0.29) is 5.82 Å². The fraction of sp³-hybridized carbons (Fsp3) is 0.0476. The average molecular weight is 346 g/mol. The summed E-state index contributed by atoms with van der Waals surface area (Å²) in [5.41, 5.74) is 6.30. The highest BCUT2D eigenvalue weighted by atomic mass is 19.1. The third-order valence-electron chi connectivity index (χ3n) is 4.46. The molecule has 2 N–H and O–H groups in total. The molecule has 0 aliphatic carbocycles. The van der Waals surface area contributed by atoms with Crippen LogP contribution in [-0.2, 0) is 6.42 Å². The Labute approximate surface area is 149 Å². The van der Waals surface area contributed by atoms with E-state index in [4.69, 9.17) is 10.2 Å². The number of rotatable bonds is 2. The van der Waals surface area contributed by atoms with Gasteiger partial charge < -0.3 is 0 Å². The molecule has 0 fully saturated rings. The number of aliphatic imine (C=N–C) groups is 1. The molecule has 5 heteroatoms. The summed E-state index contributed by atoms with van der Waals surface area (Å²) in [5.74, 6) is -0.928. The number of benzene rings is 3. The van der Waals surface area contributed by atoms with Crippen molar-refractivity contribution >= 4 is 17.3 Å². The Morgan fingerprint density at radius 2 is 1.69 bits per heavy atom. The predicted molar refractivity (Wildman–Crippen MR) is 96.6 cm³/mol. The predicted octanol–water partition coefficient (Wildman–Crippen LogP) is 4.02. The minimum absolute atomic E-state index is 0.305. The third kappa shape index (κ3) is 2.78. The van der Waals surface area contributed by atoms with Gasteiger partial charge in [0.2, 0.25) is 0 Å². The highest BCUT2D eigenvalue weighted by Gasteiger charge is 2.21. The van der Waals surface area contributed by atoms with E-state index in [1.165, 1.54) is 6.07 Å². The van der Waals surface area contributed by atoms with Crippen molar-refractivity contribution < 1.29 is 14.4 Å². The van der Waals surface area contributed by atoms with Crippen LogP contribution in [0.5, 0.6) is 0 Å². The van der Waals surface area contributed by atoms with Gasteiger partial charge in [-0.15, -0.1) is 0 Å². The van der Waals surface area contributed by atoms with Gasteiger partial charge in [0.25, 0.3) is 5.91 Å². The first-order valence-electron chi connectivity index (χ1n) is 8.16. The van der Waals surface area contributed by atoms with Gasteiger partial charge in [0.05, 0.1) is 11.4 Å². The van der Waals surface area contributed by atoms with Crippen molar-refractivity contribution in [1.29, 1.82) is 0 Å². The number of nitrogens with zero attached hydrogens (tertiary/aromatic N) is 1. The SMILES string of the molecule is O=C(NO)c1ccc(C2=Nc3ccccc3Cc3cccc(F)c32)cc1. The Morgan fingerprint density at radius 1 is 0.962 bits per heavy atom. The van der Waals surface area contributed by atoms with Crippen molar-refractivity contribution in [2.24, 2.45) is 4.99 Å². The topological polar surface area (TPSA) is 61.7 Å². The van der Waals surface area contributed by atoms with Crippen molar-refractivity contribution in [2.75, 3.05) is 0 Å². The summed E-state index contributed by atoms with van der Waals surface area (Å²) in [6, 6.07) is 19.3. The van der Waals surface area contributed by atoms with Gasteiger partial charge in [0.1, 0.15) is 5.82 Å². The highest BCUT2D eigenvalue weighted by molar-refractivity contribution is 6.15. The summed E-state index contributed by atoms with van der Waals surface area (Å²) in [5, 5.41) is 8.75. The summed E-state index contributed by atoms with van der Waals surface area (Å²) in [7, 11) is 0. The fourth-order valence-corrected chi connectivity index (χ4v) is 3.19. The fourth-order valence-electron chi connectivity index (χ4n) is 3.19. The molecular weight excluding hydrogens is 331 g/mol. The van der Waals surface area contributed by atoms with Crippen LogP contribution in [0.2, 0.25) is 0 Å². The molecule has 1 heterocycles. The Bertz CT molecular complexity index is 1030. The number of halogens is 1. The molecule has 3 aromatic rings. The lowest BCUT2D eigenvalue weighted by atomic mass is 9.94. The van der Waals surface area contributed by atoms with Crippen molar-refractivity contribution in [3.63, 3.8) is 0 Å². The molecule has 0 spiro atoms. The van der Waals surface area contributed by atoms with Crippen LogP contribution in [0.3, 0.4) is 0 Å². The second-order valence-electron chi connectivity index (χ2n) is 6.06. The standard InChI is InChI=1S/C21H15FN2O2/c22-17-6-3-5-16-12-15-4-1-2-7-18(15)23-20(19(16)17)13-8-10-14(11-9-13)21(25)24-26/h1-11,26H,12H2,(H,24,25). The molecule has 1 aliphatic heterocycles. The van der Waals surface area contributed by atoms with Gasteiger partial charge >= 0.3 is 0 Å². The van der Waals surface area contributed by atoms with Crippen molar-refractivity contribution in [3.8, 4) is 0 Å². The zero-order valence-corrected chi connectivity index (χ0v) is 13.7. The summed E-state index contributed by atoms with van der Waals surface area (Å²) in [4.78, 5) is 16.3. The van der Waals surface area contributed by atoms with Crippen molar-refractivity contribution in [3.05, 3.63) is 100 Å². The summed E-state index contributed by atoms with van der Waals surface area (Å²) in [6.07, 6.45) is 0.598. The van der Waals surface area contributed by atoms with E-state index in [9.17, 15) is 9.18 Å². The summed E-state index contributed by atoms with van der Waals surface area (Å²) in [6.45, 7) is 0. The molecular formula is C21H15FN2O2. The van der Waals surface area contributed by atoms with Crippen LogP contribution in [0.25, 0.3) is 0 Å². The van der Waals surface area contributed by atoms with Gasteiger partial charge in [-0.25, -0.2) is 14.9 Å². The lowest BCUT2D eigenvalue weighted by Gasteiger charge is -2.11. The number of fused-ring (bicyclic) bond motifs is 2. The quantitative estimate of drug-likeness (QED) is 0.425. The maximum atomic E-state index is 14.7. The molecule has 4 rings (SSSR count). The molecule has 0 atom stereocenters. The summed E-state index contributed by atoms with van der Waals surface area (Å²) < 4.78 is 14.7. The third-order valence-corrected chi connectivity index (χ3v) is 4.46. The monoisotopic (exact) mass is 346 g/mol. The van der Waals surface area contributed by atoms with Gasteiger partial charge in [0.15, 0.2) is 0 Å². The Morgan fingerprint density at radius 3 is 2.46 bits per heavy atom. The molecule has 0 bridgehead atoms. The average Bonchev–Trinajstić information content (AvgIpc) is 2.85. The molecule has 1 aliphatic rings. The number of hydroxylamine groups is 1. The summed E-state index contributed by atoms with van der Waals surface area (Å²) >= 11 is 0. The number of nitrogens with one attached hydrogen (secondary N) is 1. The number of amides is 1. The Balaban J connectivity index is 1.91. The molecule has 0 saturated carbocycles. The molecule has 3 aromatic carbocycles. The van der Waals surface area contributed by atoms with Gasteiger partial charge in [-0.05, 0) is 35.4 Å². The van der Waals surface area contributed by atoms with Crippen LogP contribution >= 0.6 is 0 Å². The normalized spacial score (nSPS) is 12.5. The highest BCUT2D eigenvalue weighted by Crippen LogP contribution is 2.31. The molecule has 26 heavy (non-hydrogen) atoms. The maximum absolute atomic E-state index is 14.7. The number of carbonyl (C=O) groups excluding carboxylic acids is 1. The molecule has 0 aromatic heterocycles. The number of carbonyl (C=O) groups is 1. The molecule has 4 nitrogen and oxygen atoms in total. The van der Waals surface area contributed by atoms with Gasteiger partial charge in [0, 0.05) is 23.1 Å². The lowest BCUT2D eigenvalue weighted by Crippen LogP contribution is -2.18. The smallest absolute Gasteiger partial charge is 0.274 e. The lowest BCUT2D eigenvalue weighted by molar-refractivity contribution is 0.0706. The van der Waals surface area contributed by atoms with E-state index in [0.717, 1.165) is 16.8 Å². The van der Waals surface area contributed by atoms with E-state index < -0.39 is 5.91 Å². The van der Waals surface area contributed by atoms with E-state index in [0.29, 0.717) is 28.8 Å². The molecule has 128 valence electrons. The van der Waals surface area contributed by atoms with Crippen LogP contribution in [0.1, 0.15) is 32.6 Å². The van der Waals surface area contributed by atoms with E-state index in [1.54, 1.807) is 35.8 Å². The second-order valence-corrected chi connectivity index (χ2v) is 6.06. The van der Waals surface area contributed by atoms with Crippen LogP contribution in [0.15, 0.2) is 71.7 Å². The van der Waals surface area contributed by atoms with Crippen LogP contribution in [-0.4, -0.2) is 16.8 Å². The van der Waals surface area contributed by atoms with Crippen molar-refractivity contribution in [1.82, 2.24) is 5.48 Å².